The Morgan fingerprint density at radius 2 is 2.08 bits per heavy atom. The Morgan fingerprint density at radius 1 is 1.28 bits per heavy atom. The molecule has 0 bridgehead atoms. The van der Waals surface area contributed by atoms with Crippen LogP contribution >= 0.6 is 11.6 Å². The monoisotopic (exact) mass is 363 g/mol. The summed E-state index contributed by atoms with van der Waals surface area (Å²) >= 11 is 5.80. The molecule has 0 spiro atoms. The summed E-state index contributed by atoms with van der Waals surface area (Å²) < 4.78 is 23.5. The minimum absolute atomic E-state index is 0.00674. The minimum Gasteiger partial charge on any atom is -0.493 e. The Bertz CT molecular complexity index is 811. The first-order valence-electron chi connectivity index (χ1n) is 7.68. The van der Waals surface area contributed by atoms with Crippen molar-refractivity contribution in [1.29, 1.82) is 0 Å². The van der Waals surface area contributed by atoms with E-state index in [1.807, 2.05) is 24.3 Å². The maximum atomic E-state index is 13.0. The van der Waals surface area contributed by atoms with E-state index in [-0.39, 0.29) is 16.6 Å². The summed E-state index contributed by atoms with van der Waals surface area (Å²) in [6, 6.07) is 10.6. The van der Waals surface area contributed by atoms with Crippen LogP contribution in [0, 0.1) is 5.82 Å². The molecule has 25 heavy (non-hydrogen) atoms. The number of nitrogens with one attached hydrogen (secondary N) is 1. The fourth-order valence-corrected chi connectivity index (χ4v) is 2.84. The second-order valence-corrected chi connectivity index (χ2v) is 5.90. The Hall–Kier alpha value is -2.60. The van der Waals surface area contributed by atoms with E-state index in [4.69, 9.17) is 21.1 Å². The van der Waals surface area contributed by atoms with E-state index < -0.39 is 24.3 Å². The second-order valence-electron chi connectivity index (χ2n) is 5.50. The predicted octanol–water partition coefficient (Wildman–Crippen LogP) is 3.28. The molecule has 7 heteroatoms. The van der Waals surface area contributed by atoms with Crippen LogP contribution in [0.2, 0.25) is 5.02 Å². The molecule has 5 nitrogen and oxygen atoms in total. The van der Waals surface area contributed by atoms with Crippen LogP contribution in [-0.4, -0.2) is 25.1 Å². The quantitative estimate of drug-likeness (QED) is 0.847. The van der Waals surface area contributed by atoms with Gasteiger partial charge in [0.05, 0.1) is 23.2 Å². The van der Waals surface area contributed by atoms with Crippen molar-refractivity contribution in [1.82, 2.24) is 5.32 Å². The van der Waals surface area contributed by atoms with Gasteiger partial charge in [0.2, 0.25) is 0 Å². The smallest absolute Gasteiger partial charge is 0.340 e. The standard InChI is InChI=1S/C18H15ClFNO4/c19-14-9-11(20)5-6-12(14)18(23)25-10-17(22)21-15-7-8-24-16-4-2-1-3-13(15)16/h1-6,9,15H,7-8,10H2,(H,21,22). The van der Waals surface area contributed by atoms with Crippen LogP contribution < -0.4 is 10.1 Å². The molecule has 1 N–H and O–H groups in total. The lowest BCUT2D eigenvalue weighted by Gasteiger charge is -2.26. The van der Waals surface area contributed by atoms with Gasteiger partial charge in [-0.2, -0.15) is 0 Å². The van der Waals surface area contributed by atoms with E-state index >= 15 is 0 Å². The van der Waals surface area contributed by atoms with Crippen molar-refractivity contribution in [2.24, 2.45) is 0 Å². The number of esters is 1. The van der Waals surface area contributed by atoms with Gasteiger partial charge < -0.3 is 14.8 Å². The third-order valence-corrected chi connectivity index (χ3v) is 4.09. The van der Waals surface area contributed by atoms with Gasteiger partial charge in [-0.05, 0) is 24.3 Å². The molecule has 1 unspecified atom stereocenters. The number of halogens is 2. The maximum Gasteiger partial charge on any atom is 0.340 e. The molecule has 0 fully saturated rings. The van der Waals surface area contributed by atoms with Gasteiger partial charge in [0, 0.05) is 12.0 Å². The molecule has 1 aliphatic rings. The topological polar surface area (TPSA) is 64.6 Å². The zero-order valence-corrected chi connectivity index (χ0v) is 13.9. The van der Waals surface area contributed by atoms with Crippen LogP contribution in [-0.2, 0) is 9.53 Å². The summed E-state index contributed by atoms with van der Waals surface area (Å²) in [7, 11) is 0. The van der Waals surface area contributed by atoms with Crippen molar-refractivity contribution < 1.29 is 23.5 Å². The third kappa shape index (κ3) is 4.09. The van der Waals surface area contributed by atoms with Crippen LogP contribution in [0.1, 0.15) is 28.4 Å². The number of benzene rings is 2. The molecule has 0 aromatic heterocycles. The highest BCUT2D eigenvalue weighted by molar-refractivity contribution is 6.33. The molecule has 0 saturated carbocycles. The summed E-state index contributed by atoms with van der Waals surface area (Å²) in [5.41, 5.74) is 0.891. The van der Waals surface area contributed by atoms with Crippen molar-refractivity contribution in [3.63, 3.8) is 0 Å². The van der Waals surface area contributed by atoms with E-state index in [1.54, 1.807) is 0 Å². The number of ether oxygens (including phenoxy) is 2. The summed E-state index contributed by atoms with van der Waals surface area (Å²) in [5.74, 6) is -1.05. The van der Waals surface area contributed by atoms with Crippen molar-refractivity contribution in [3.05, 3.63) is 64.4 Å². The van der Waals surface area contributed by atoms with E-state index in [1.165, 1.54) is 6.07 Å². The van der Waals surface area contributed by atoms with E-state index in [0.717, 1.165) is 23.4 Å². The Kier molecular flexibility index (Phi) is 5.19. The number of hydrogen-bond donors (Lipinski definition) is 1. The molecule has 130 valence electrons. The number of para-hydroxylation sites is 1. The van der Waals surface area contributed by atoms with Gasteiger partial charge in [-0.25, -0.2) is 9.18 Å². The molecular formula is C18H15ClFNO4. The van der Waals surface area contributed by atoms with Gasteiger partial charge in [-0.15, -0.1) is 0 Å². The Morgan fingerprint density at radius 3 is 2.88 bits per heavy atom. The second kappa shape index (κ2) is 7.53. The average Bonchev–Trinajstić information content (AvgIpc) is 2.60. The number of amides is 1. The van der Waals surface area contributed by atoms with Gasteiger partial charge in [-0.1, -0.05) is 29.8 Å². The molecule has 1 amide bonds. The molecule has 3 rings (SSSR count). The van der Waals surface area contributed by atoms with Crippen molar-refractivity contribution in [2.45, 2.75) is 12.5 Å². The van der Waals surface area contributed by atoms with Gasteiger partial charge in [0.25, 0.3) is 5.91 Å². The molecule has 1 atom stereocenters. The third-order valence-electron chi connectivity index (χ3n) is 3.78. The highest BCUT2D eigenvalue weighted by atomic mass is 35.5. The lowest BCUT2D eigenvalue weighted by atomic mass is 10.0. The summed E-state index contributed by atoms with van der Waals surface area (Å²) in [6.45, 7) is 0.0407. The fourth-order valence-electron chi connectivity index (χ4n) is 2.59. The molecule has 0 radical (unpaired) electrons. The normalized spacial score (nSPS) is 15.7. The predicted molar refractivity (Wildman–Crippen MR) is 89.1 cm³/mol. The van der Waals surface area contributed by atoms with Crippen LogP contribution in [0.3, 0.4) is 0 Å². The summed E-state index contributed by atoms with van der Waals surface area (Å²) in [6.07, 6.45) is 0.625. The molecule has 2 aromatic rings. The molecule has 2 aromatic carbocycles. The molecule has 1 heterocycles. The lowest BCUT2D eigenvalue weighted by Crippen LogP contribution is -2.35. The highest BCUT2D eigenvalue weighted by Crippen LogP contribution is 2.31. The van der Waals surface area contributed by atoms with Crippen molar-refractivity contribution in [2.75, 3.05) is 13.2 Å². The Labute approximate surface area is 148 Å². The molecule has 0 aliphatic carbocycles. The van der Waals surface area contributed by atoms with Gasteiger partial charge in [-0.3, -0.25) is 4.79 Å². The largest absolute Gasteiger partial charge is 0.493 e. The number of carbonyl (C=O) groups is 2. The number of fused-ring (bicyclic) bond motifs is 1. The van der Waals surface area contributed by atoms with Crippen molar-refractivity contribution >= 4 is 23.5 Å². The SMILES string of the molecule is O=C(COC(=O)c1ccc(F)cc1Cl)NC1CCOc2ccccc21. The van der Waals surface area contributed by atoms with Gasteiger partial charge >= 0.3 is 5.97 Å². The number of hydrogen-bond acceptors (Lipinski definition) is 4. The zero-order chi connectivity index (χ0) is 17.8. The zero-order valence-electron chi connectivity index (χ0n) is 13.1. The Balaban J connectivity index is 1.58. The maximum absolute atomic E-state index is 13.0. The molecule has 1 aliphatic heterocycles. The summed E-state index contributed by atoms with van der Waals surface area (Å²) in [5, 5.41) is 2.75. The summed E-state index contributed by atoms with van der Waals surface area (Å²) in [4.78, 5) is 24.0. The van der Waals surface area contributed by atoms with E-state index in [0.29, 0.717) is 13.0 Å². The average molecular weight is 364 g/mol. The molecular weight excluding hydrogens is 349 g/mol. The first kappa shape index (κ1) is 17.2. The van der Waals surface area contributed by atoms with Crippen LogP contribution in [0.5, 0.6) is 5.75 Å². The van der Waals surface area contributed by atoms with E-state index in [2.05, 4.69) is 5.32 Å². The van der Waals surface area contributed by atoms with Gasteiger partial charge in [0.1, 0.15) is 11.6 Å². The van der Waals surface area contributed by atoms with Crippen LogP contribution in [0.4, 0.5) is 4.39 Å². The van der Waals surface area contributed by atoms with Crippen LogP contribution in [0.25, 0.3) is 0 Å². The minimum atomic E-state index is -0.785. The number of carbonyl (C=O) groups excluding carboxylic acids is 2. The van der Waals surface area contributed by atoms with Crippen LogP contribution in [0.15, 0.2) is 42.5 Å². The first-order valence-corrected chi connectivity index (χ1v) is 8.05. The van der Waals surface area contributed by atoms with Crippen molar-refractivity contribution in [3.8, 4) is 5.75 Å². The highest BCUT2D eigenvalue weighted by Gasteiger charge is 2.23. The van der Waals surface area contributed by atoms with Gasteiger partial charge in [0.15, 0.2) is 6.61 Å². The first-order chi connectivity index (χ1) is 12.0. The number of rotatable bonds is 4. The fraction of sp³-hybridized carbons (Fsp3) is 0.222. The lowest BCUT2D eigenvalue weighted by molar-refractivity contribution is -0.125. The van der Waals surface area contributed by atoms with E-state index in [9.17, 15) is 14.0 Å². The molecule has 0 saturated heterocycles.